The minimum absolute atomic E-state index is 0. The molecular weight excluding hydrogens is 240 g/mol. The number of pyridine rings is 1. The van der Waals surface area contributed by atoms with Gasteiger partial charge in [0.15, 0.2) is 0 Å². The molecule has 0 saturated carbocycles. The molecule has 0 aliphatic rings. The van der Waals surface area contributed by atoms with Crippen LogP contribution in [0.3, 0.4) is 0 Å². The van der Waals surface area contributed by atoms with E-state index in [1.54, 1.807) is 19.5 Å². The van der Waals surface area contributed by atoms with Crippen LogP contribution >= 0.6 is 12.4 Å². The van der Waals surface area contributed by atoms with Crippen molar-refractivity contribution in [3.63, 3.8) is 0 Å². The Hall–Kier alpha value is -1.59. The van der Waals surface area contributed by atoms with Crippen molar-refractivity contribution in [2.45, 2.75) is 13.1 Å². The molecule has 0 unspecified atom stereocenters. The Bertz CT molecular complexity index is 472. The molecule has 0 amide bonds. The van der Waals surface area contributed by atoms with Crippen molar-refractivity contribution in [1.29, 1.82) is 0 Å². The molecule has 2 N–H and O–H groups in total. The summed E-state index contributed by atoms with van der Waals surface area (Å²) in [6, 6.07) is 3.83. The molecule has 5 nitrogen and oxygen atoms in total. The zero-order valence-electron chi connectivity index (χ0n) is 9.54. The van der Waals surface area contributed by atoms with E-state index in [9.17, 15) is 0 Å². The van der Waals surface area contributed by atoms with Gasteiger partial charge in [-0.15, -0.1) is 12.4 Å². The molecule has 0 spiro atoms. The lowest BCUT2D eigenvalue weighted by Gasteiger charge is -2.03. The number of nitrogens with zero attached hydrogens (tertiary/aromatic N) is 3. The van der Waals surface area contributed by atoms with Gasteiger partial charge in [-0.1, -0.05) is 0 Å². The Morgan fingerprint density at radius 3 is 2.88 bits per heavy atom. The van der Waals surface area contributed by atoms with E-state index in [4.69, 9.17) is 10.5 Å². The van der Waals surface area contributed by atoms with Gasteiger partial charge in [-0.3, -0.25) is 4.68 Å². The number of hydrogen-bond donors (Lipinski definition) is 1. The number of ether oxygens (including phenoxy) is 1. The van der Waals surface area contributed by atoms with Crippen molar-refractivity contribution in [2.24, 2.45) is 5.73 Å². The maximum Gasteiger partial charge on any atom is 0.213 e. The monoisotopic (exact) mass is 254 g/mol. The smallest absolute Gasteiger partial charge is 0.213 e. The van der Waals surface area contributed by atoms with E-state index in [-0.39, 0.29) is 12.4 Å². The zero-order chi connectivity index (χ0) is 11.4. The molecule has 0 saturated heterocycles. The van der Waals surface area contributed by atoms with E-state index >= 15 is 0 Å². The molecule has 0 bridgehead atoms. The van der Waals surface area contributed by atoms with Gasteiger partial charge in [0.1, 0.15) is 0 Å². The van der Waals surface area contributed by atoms with Gasteiger partial charge in [-0.05, 0) is 11.6 Å². The number of methoxy groups -OCH3 is 1. The van der Waals surface area contributed by atoms with Crippen molar-refractivity contribution in [1.82, 2.24) is 14.8 Å². The summed E-state index contributed by atoms with van der Waals surface area (Å²) in [5.74, 6) is 0.615. The van der Waals surface area contributed by atoms with E-state index in [0.717, 1.165) is 11.1 Å². The van der Waals surface area contributed by atoms with Crippen LogP contribution < -0.4 is 10.5 Å². The Balaban J connectivity index is 0.00000144. The van der Waals surface area contributed by atoms with Crippen molar-refractivity contribution >= 4 is 12.4 Å². The van der Waals surface area contributed by atoms with Crippen molar-refractivity contribution in [3.8, 4) is 5.88 Å². The van der Waals surface area contributed by atoms with E-state index in [1.165, 1.54) is 0 Å². The van der Waals surface area contributed by atoms with Crippen LogP contribution in [0.25, 0.3) is 0 Å². The lowest BCUT2D eigenvalue weighted by atomic mass is 10.2. The number of aromatic nitrogens is 3. The third-order valence-corrected chi connectivity index (χ3v) is 2.28. The Kier molecular flexibility index (Phi) is 4.93. The Morgan fingerprint density at radius 1 is 1.41 bits per heavy atom. The molecule has 17 heavy (non-hydrogen) atoms. The predicted molar refractivity (Wildman–Crippen MR) is 67.3 cm³/mol. The standard InChI is InChI=1S/C11H14N4O.ClH/c1-16-11-4-9(2-3-13-11)7-15-8-10(5-12)6-14-15;/h2-4,6,8H,5,7,12H2,1H3;1H. The summed E-state index contributed by atoms with van der Waals surface area (Å²) in [6.07, 6.45) is 5.44. The van der Waals surface area contributed by atoms with Crippen LogP contribution in [0, 0.1) is 0 Å². The molecule has 0 aliphatic carbocycles. The van der Waals surface area contributed by atoms with Gasteiger partial charge in [-0.25, -0.2) is 4.98 Å². The summed E-state index contributed by atoms with van der Waals surface area (Å²) >= 11 is 0. The number of hydrogen-bond acceptors (Lipinski definition) is 4. The van der Waals surface area contributed by atoms with Gasteiger partial charge in [0.25, 0.3) is 0 Å². The fourth-order valence-corrected chi connectivity index (χ4v) is 1.45. The van der Waals surface area contributed by atoms with E-state index in [2.05, 4.69) is 10.1 Å². The predicted octanol–water partition coefficient (Wildman–Crippen LogP) is 1.22. The molecule has 2 rings (SSSR count). The molecule has 2 heterocycles. The van der Waals surface area contributed by atoms with Crippen LogP contribution in [0.4, 0.5) is 0 Å². The first-order valence-corrected chi connectivity index (χ1v) is 5.02. The van der Waals surface area contributed by atoms with Crippen LogP contribution in [-0.4, -0.2) is 21.9 Å². The van der Waals surface area contributed by atoms with Gasteiger partial charge in [-0.2, -0.15) is 5.10 Å². The van der Waals surface area contributed by atoms with E-state index in [1.807, 2.05) is 23.0 Å². The first kappa shape index (κ1) is 13.5. The van der Waals surface area contributed by atoms with Crippen LogP contribution in [0.1, 0.15) is 11.1 Å². The van der Waals surface area contributed by atoms with Gasteiger partial charge >= 0.3 is 0 Å². The lowest BCUT2D eigenvalue weighted by Crippen LogP contribution is -2.01. The largest absolute Gasteiger partial charge is 0.481 e. The van der Waals surface area contributed by atoms with Gasteiger partial charge in [0, 0.05) is 30.6 Å². The second-order valence-electron chi connectivity index (χ2n) is 3.46. The molecule has 0 radical (unpaired) electrons. The molecule has 0 aliphatic heterocycles. The molecule has 6 heteroatoms. The molecule has 2 aromatic rings. The number of rotatable bonds is 4. The average Bonchev–Trinajstić information content (AvgIpc) is 2.77. The fraction of sp³-hybridized carbons (Fsp3) is 0.273. The van der Waals surface area contributed by atoms with Crippen LogP contribution in [-0.2, 0) is 13.1 Å². The minimum atomic E-state index is 0. The Morgan fingerprint density at radius 2 is 2.24 bits per heavy atom. The Labute approximate surface area is 106 Å². The highest BCUT2D eigenvalue weighted by atomic mass is 35.5. The molecular formula is C11H15ClN4O. The lowest BCUT2D eigenvalue weighted by molar-refractivity contribution is 0.397. The molecule has 2 aromatic heterocycles. The van der Waals surface area contributed by atoms with Gasteiger partial charge in [0.05, 0.1) is 19.9 Å². The first-order chi connectivity index (χ1) is 7.81. The summed E-state index contributed by atoms with van der Waals surface area (Å²) in [7, 11) is 1.60. The maximum absolute atomic E-state index is 5.52. The first-order valence-electron chi connectivity index (χ1n) is 5.02. The van der Waals surface area contributed by atoms with Crippen molar-refractivity contribution in [2.75, 3.05) is 7.11 Å². The maximum atomic E-state index is 5.52. The summed E-state index contributed by atoms with van der Waals surface area (Å²) in [4.78, 5) is 4.05. The highest BCUT2D eigenvalue weighted by Crippen LogP contribution is 2.10. The summed E-state index contributed by atoms with van der Waals surface area (Å²) in [5.41, 5.74) is 7.64. The minimum Gasteiger partial charge on any atom is -0.481 e. The third kappa shape index (κ3) is 3.44. The summed E-state index contributed by atoms with van der Waals surface area (Å²) in [5, 5.41) is 4.21. The normalized spacial score (nSPS) is 9.76. The zero-order valence-corrected chi connectivity index (χ0v) is 10.4. The second-order valence-corrected chi connectivity index (χ2v) is 3.46. The van der Waals surface area contributed by atoms with E-state index < -0.39 is 0 Å². The third-order valence-electron chi connectivity index (χ3n) is 2.28. The number of halogens is 1. The summed E-state index contributed by atoms with van der Waals surface area (Å²) < 4.78 is 6.90. The van der Waals surface area contributed by atoms with Crippen LogP contribution in [0.15, 0.2) is 30.7 Å². The molecule has 0 fully saturated rings. The van der Waals surface area contributed by atoms with Gasteiger partial charge in [0.2, 0.25) is 5.88 Å². The van der Waals surface area contributed by atoms with Crippen LogP contribution in [0.2, 0.25) is 0 Å². The number of nitrogens with two attached hydrogens (primary N) is 1. The fourth-order valence-electron chi connectivity index (χ4n) is 1.45. The van der Waals surface area contributed by atoms with Crippen LogP contribution in [0.5, 0.6) is 5.88 Å². The molecule has 92 valence electrons. The highest BCUT2D eigenvalue weighted by molar-refractivity contribution is 5.85. The summed E-state index contributed by atoms with van der Waals surface area (Å²) in [6.45, 7) is 1.21. The average molecular weight is 255 g/mol. The van der Waals surface area contributed by atoms with Gasteiger partial charge < -0.3 is 10.5 Å². The second kappa shape index (κ2) is 6.22. The quantitative estimate of drug-likeness (QED) is 0.891. The van der Waals surface area contributed by atoms with Crippen molar-refractivity contribution in [3.05, 3.63) is 41.9 Å². The highest BCUT2D eigenvalue weighted by Gasteiger charge is 2.00. The molecule has 0 aromatic carbocycles. The molecule has 0 atom stereocenters. The SMILES string of the molecule is COc1cc(Cn2cc(CN)cn2)ccn1.Cl. The van der Waals surface area contributed by atoms with Crippen molar-refractivity contribution < 1.29 is 4.74 Å². The topological polar surface area (TPSA) is 66.0 Å². The van der Waals surface area contributed by atoms with E-state index in [0.29, 0.717) is 19.0 Å².